The van der Waals surface area contributed by atoms with Crippen LogP contribution in [0.25, 0.3) is 11.0 Å². The van der Waals surface area contributed by atoms with Gasteiger partial charge >= 0.3 is 0 Å². The first-order chi connectivity index (χ1) is 11.1. The zero-order chi connectivity index (χ0) is 16.2. The number of hydrogen-bond acceptors (Lipinski definition) is 2. The van der Waals surface area contributed by atoms with E-state index in [1.165, 1.54) is 5.56 Å². The maximum absolute atomic E-state index is 12.5. The van der Waals surface area contributed by atoms with Gasteiger partial charge in [0.2, 0.25) is 0 Å². The predicted molar refractivity (Wildman–Crippen MR) is 92.6 cm³/mol. The molecule has 1 atom stereocenters. The molecule has 0 spiro atoms. The topological polar surface area (TPSA) is 42.2 Å². The highest BCUT2D eigenvalue weighted by Gasteiger charge is 2.18. The van der Waals surface area contributed by atoms with Crippen molar-refractivity contribution >= 4 is 16.9 Å². The van der Waals surface area contributed by atoms with E-state index in [9.17, 15) is 4.79 Å². The second kappa shape index (κ2) is 6.69. The molecule has 0 aliphatic heterocycles. The van der Waals surface area contributed by atoms with E-state index in [2.05, 4.69) is 17.4 Å². The fourth-order valence-corrected chi connectivity index (χ4v) is 2.78. The lowest BCUT2D eigenvalue weighted by Crippen LogP contribution is -2.33. The number of aryl methyl sites for hydroxylation is 2. The number of amides is 1. The van der Waals surface area contributed by atoms with E-state index in [1.807, 2.05) is 56.3 Å². The standard InChI is InChI=1S/C20H21NO2/c1-14(12-13-16-8-4-3-5-9-16)21-20(22)19-15(2)17-10-6-7-11-18(17)23-19/h3-11,14H,12-13H2,1-2H3,(H,21,22)/t14-/m1/s1. The van der Waals surface area contributed by atoms with Gasteiger partial charge in [0.15, 0.2) is 5.76 Å². The molecule has 0 saturated heterocycles. The van der Waals surface area contributed by atoms with Crippen LogP contribution in [0, 0.1) is 6.92 Å². The molecule has 23 heavy (non-hydrogen) atoms. The molecule has 0 saturated carbocycles. The number of fused-ring (bicyclic) bond motifs is 1. The maximum atomic E-state index is 12.5. The predicted octanol–water partition coefficient (Wildman–Crippen LogP) is 4.49. The van der Waals surface area contributed by atoms with Crippen LogP contribution in [-0.2, 0) is 6.42 Å². The van der Waals surface area contributed by atoms with Crippen molar-refractivity contribution in [3.8, 4) is 0 Å². The summed E-state index contributed by atoms with van der Waals surface area (Å²) in [5.74, 6) is 0.275. The SMILES string of the molecule is Cc1c(C(=O)N[C@H](C)CCc2ccccc2)oc2ccccc12. The van der Waals surface area contributed by atoms with E-state index >= 15 is 0 Å². The monoisotopic (exact) mass is 307 g/mol. The molecule has 0 aliphatic carbocycles. The van der Waals surface area contributed by atoms with Crippen molar-refractivity contribution in [2.24, 2.45) is 0 Å². The molecule has 3 aromatic rings. The zero-order valence-corrected chi connectivity index (χ0v) is 13.5. The summed E-state index contributed by atoms with van der Waals surface area (Å²) in [5.41, 5.74) is 2.94. The lowest BCUT2D eigenvalue weighted by molar-refractivity contribution is 0.0911. The summed E-state index contributed by atoms with van der Waals surface area (Å²) in [4.78, 5) is 12.5. The van der Waals surface area contributed by atoms with Gasteiger partial charge in [0.05, 0.1) is 0 Å². The Bertz CT molecular complexity index is 805. The molecule has 1 aromatic heterocycles. The zero-order valence-electron chi connectivity index (χ0n) is 13.5. The third-order valence-corrected chi connectivity index (χ3v) is 4.14. The highest BCUT2D eigenvalue weighted by Crippen LogP contribution is 2.24. The minimum Gasteiger partial charge on any atom is -0.451 e. The molecular weight excluding hydrogens is 286 g/mol. The van der Waals surface area contributed by atoms with E-state index in [4.69, 9.17) is 4.42 Å². The smallest absolute Gasteiger partial charge is 0.287 e. The molecule has 1 N–H and O–H groups in total. The van der Waals surface area contributed by atoms with Crippen molar-refractivity contribution < 1.29 is 9.21 Å². The summed E-state index contributed by atoms with van der Waals surface area (Å²) < 4.78 is 5.71. The fourth-order valence-electron chi connectivity index (χ4n) is 2.78. The van der Waals surface area contributed by atoms with E-state index < -0.39 is 0 Å². The normalized spacial score (nSPS) is 12.3. The van der Waals surface area contributed by atoms with Gasteiger partial charge in [-0.3, -0.25) is 4.79 Å². The van der Waals surface area contributed by atoms with E-state index in [0.29, 0.717) is 5.76 Å². The van der Waals surface area contributed by atoms with Crippen LogP contribution in [0.15, 0.2) is 59.0 Å². The summed E-state index contributed by atoms with van der Waals surface area (Å²) in [6, 6.07) is 18.1. The average molecular weight is 307 g/mol. The van der Waals surface area contributed by atoms with Gasteiger partial charge in [-0.15, -0.1) is 0 Å². The van der Waals surface area contributed by atoms with Gasteiger partial charge in [-0.2, -0.15) is 0 Å². The third-order valence-electron chi connectivity index (χ3n) is 4.14. The molecule has 0 fully saturated rings. The average Bonchev–Trinajstić information content (AvgIpc) is 2.91. The Morgan fingerprint density at radius 1 is 1.09 bits per heavy atom. The molecule has 3 rings (SSSR count). The Morgan fingerprint density at radius 2 is 1.78 bits per heavy atom. The summed E-state index contributed by atoms with van der Waals surface area (Å²) in [5, 5.41) is 4.03. The second-order valence-electron chi connectivity index (χ2n) is 5.95. The van der Waals surface area contributed by atoms with Crippen LogP contribution in [0.3, 0.4) is 0 Å². The first kappa shape index (κ1) is 15.3. The highest BCUT2D eigenvalue weighted by atomic mass is 16.3. The van der Waals surface area contributed by atoms with Crippen LogP contribution in [0.1, 0.15) is 35.0 Å². The Balaban J connectivity index is 1.64. The van der Waals surface area contributed by atoms with Gasteiger partial charge in [-0.1, -0.05) is 48.5 Å². The first-order valence-electron chi connectivity index (χ1n) is 7.98. The minimum absolute atomic E-state index is 0.0929. The molecule has 1 amide bonds. The lowest BCUT2D eigenvalue weighted by atomic mass is 10.1. The van der Waals surface area contributed by atoms with E-state index in [-0.39, 0.29) is 11.9 Å². The van der Waals surface area contributed by atoms with Crippen LogP contribution >= 0.6 is 0 Å². The van der Waals surface area contributed by atoms with Crippen molar-refractivity contribution in [3.05, 3.63) is 71.5 Å². The minimum atomic E-state index is -0.140. The number of nitrogens with one attached hydrogen (secondary N) is 1. The number of furan rings is 1. The van der Waals surface area contributed by atoms with Gasteiger partial charge in [0.25, 0.3) is 5.91 Å². The molecule has 118 valence electrons. The fraction of sp³-hybridized carbons (Fsp3) is 0.250. The van der Waals surface area contributed by atoms with Crippen LogP contribution in [-0.4, -0.2) is 11.9 Å². The quantitative estimate of drug-likeness (QED) is 0.754. The van der Waals surface area contributed by atoms with Crippen molar-refractivity contribution in [3.63, 3.8) is 0 Å². The van der Waals surface area contributed by atoms with Crippen molar-refractivity contribution in [2.45, 2.75) is 32.7 Å². The molecular formula is C20H21NO2. The third kappa shape index (κ3) is 3.45. The van der Waals surface area contributed by atoms with Crippen molar-refractivity contribution in [1.82, 2.24) is 5.32 Å². The number of benzene rings is 2. The lowest BCUT2D eigenvalue weighted by Gasteiger charge is -2.13. The molecule has 1 heterocycles. The molecule has 0 unspecified atom stereocenters. The number of rotatable bonds is 5. The molecule has 0 aliphatic rings. The Kier molecular flexibility index (Phi) is 4.47. The summed E-state index contributed by atoms with van der Waals surface area (Å²) >= 11 is 0. The van der Waals surface area contributed by atoms with Gasteiger partial charge in [-0.05, 0) is 38.3 Å². The highest BCUT2D eigenvalue weighted by molar-refractivity contribution is 5.98. The van der Waals surface area contributed by atoms with E-state index in [0.717, 1.165) is 29.4 Å². The number of hydrogen-bond donors (Lipinski definition) is 1. The number of carbonyl (C=O) groups is 1. The summed E-state index contributed by atoms with van der Waals surface area (Å²) in [7, 11) is 0. The van der Waals surface area contributed by atoms with Gasteiger partial charge in [0.1, 0.15) is 5.58 Å². The maximum Gasteiger partial charge on any atom is 0.287 e. The number of para-hydroxylation sites is 1. The molecule has 0 bridgehead atoms. The van der Waals surface area contributed by atoms with E-state index in [1.54, 1.807) is 0 Å². The number of carbonyl (C=O) groups excluding carboxylic acids is 1. The molecule has 2 aromatic carbocycles. The van der Waals surface area contributed by atoms with Gasteiger partial charge in [-0.25, -0.2) is 0 Å². The van der Waals surface area contributed by atoms with Crippen molar-refractivity contribution in [1.29, 1.82) is 0 Å². The van der Waals surface area contributed by atoms with Crippen LogP contribution in [0.2, 0.25) is 0 Å². The van der Waals surface area contributed by atoms with Gasteiger partial charge < -0.3 is 9.73 Å². The Hall–Kier alpha value is -2.55. The summed E-state index contributed by atoms with van der Waals surface area (Å²) in [6.07, 6.45) is 1.84. The second-order valence-corrected chi connectivity index (χ2v) is 5.95. The Labute approximate surface area is 136 Å². The molecule has 0 radical (unpaired) electrons. The van der Waals surface area contributed by atoms with Crippen LogP contribution < -0.4 is 5.32 Å². The Morgan fingerprint density at radius 3 is 2.52 bits per heavy atom. The van der Waals surface area contributed by atoms with Crippen LogP contribution in [0.4, 0.5) is 0 Å². The van der Waals surface area contributed by atoms with Crippen LogP contribution in [0.5, 0.6) is 0 Å². The van der Waals surface area contributed by atoms with Crippen molar-refractivity contribution in [2.75, 3.05) is 0 Å². The van der Waals surface area contributed by atoms with Gasteiger partial charge in [0, 0.05) is 17.0 Å². The molecule has 3 nitrogen and oxygen atoms in total. The first-order valence-corrected chi connectivity index (χ1v) is 7.98. The summed E-state index contributed by atoms with van der Waals surface area (Å²) in [6.45, 7) is 3.95. The molecule has 3 heteroatoms. The largest absolute Gasteiger partial charge is 0.451 e.